The van der Waals surface area contributed by atoms with E-state index in [4.69, 9.17) is 10.5 Å². The molecule has 1 aromatic carbocycles. The number of pyridine rings is 1. The molecule has 0 aliphatic heterocycles. The molecule has 2 aromatic rings. The van der Waals surface area contributed by atoms with Crippen LogP contribution in [0.15, 0.2) is 36.5 Å². The molecule has 2 N–H and O–H groups in total. The van der Waals surface area contributed by atoms with Crippen LogP contribution in [-0.2, 0) is 0 Å². The molecule has 1 heterocycles. The van der Waals surface area contributed by atoms with Gasteiger partial charge in [-0.2, -0.15) is 0 Å². The molecule has 3 nitrogen and oxygen atoms in total. The van der Waals surface area contributed by atoms with Crippen LogP contribution in [0.3, 0.4) is 0 Å². The number of nitrogens with two attached hydrogens (primary N) is 1. The van der Waals surface area contributed by atoms with Crippen LogP contribution in [0.4, 0.5) is 0 Å². The predicted octanol–water partition coefficient (Wildman–Crippen LogP) is 3.13. The van der Waals surface area contributed by atoms with Crippen LogP contribution in [0, 0.1) is 5.92 Å². The summed E-state index contributed by atoms with van der Waals surface area (Å²) in [6.45, 7) is 0.704. The fourth-order valence-corrected chi connectivity index (χ4v) is 2.93. The van der Waals surface area contributed by atoms with Gasteiger partial charge in [0.15, 0.2) is 0 Å². The summed E-state index contributed by atoms with van der Waals surface area (Å²) in [4.78, 5) is 4.41. The summed E-state index contributed by atoms with van der Waals surface area (Å²) in [6, 6.07) is 10.2. The third-order valence-corrected chi connectivity index (χ3v) is 4.04. The highest BCUT2D eigenvalue weighted by Crippen LogP contribution is 2.30. The second kappa shape index (κ2) is 5.57. The highest BCUT2D eigenvalue weighted by molar-refractivity contribution is 5.86. The molecular weight excluding hydrogens is 236 g/mol. The van der Waals surface area contributed by atoms with Gasteiger partial charge in [0, 0.05) is 17.5 Å². The molecule has 2 atom stereocenters. The van der Waals surface area contributed by atoms with Gasteiger partial charge in [0.1, 0.15) is 6.10 Å². The van der Waals surface area contributed by atoms with Crippen molar-refractivity contribution in [2.24, 2.45) is 11.7 Å². The van der Waals surface area contributed by atoms with Crippen molar-refractivity contribution in [1.82, 2.24) is 4.98 Å². The Balaban J connectivity index is 1.88. The topological polar surface area (TPSA) is 48.1 Å². The zero-order valence-corrected chi connectivity index (χ0v) is 11.1. The lowest BCUT2D eigenvalue weighted by Crippen LogP contribution is -2.35. The smallest absolute Gasteiger partial charge is 0.221 e. The van der Waals surface area contributed by atoms with Gasteiger partial charge in [-0.1, -0.05) is 24.6 Å². The van der Waals surface area contributed by atoms with Gasteiger partial charge in [0.25, 0.3) is 0 Å². The normalized spacial score (nSPS) is 23.4. The largest absolute Gasteiger partial charge is 0.474 e. The van der Waals surface area contributed by atoms with Crippen LogP contribution in [0.1, 0.15) is 25.7 Å². The van der Waals surface area contributed by atoms with Gasteiger partial charge in [-0.05, 0) is 43.3 Å². The maximum Gasteiger partial charge on any atom is 0.221 e. The lowest BCUT2D eigenvalue weighted by Gasteiger charge is -2.30. The first-order chi connectivity index (χ1) is 9.38. The van der Waals surface area contributed by atoms with E-state index >= 15 is 0 Å². The minimum atomic E-state index is 0.219. The molecule has 100 valence electrons. The SMILES string of the molecule is NCC1CCCCC1Oc1nccc2ccccc12. The monoisotopic (exact) mass is 256 g/mol. The van der Waals surface area contributed by atoms with E-state index in [2.05, 4.69) is 17.1 Å². The summed E-state index contributed by atoms with van der Waals surface area (Å²) >= 11 is 0. The minimum Gasteiger partial charge on any atom is -0.474 e. The average molecular weight is 256 g/mol. The molecule has 1 saturated carbocycles. The van der Waals surface area contributed by atoms with Crippen molar-refractivity contribution in [2.45, 2.75) is 31.8 Å². The summed E-state index contributed by atoms with van der Waals surface area (Å²) in [6.07, 6.45) is 6.80. The molecule has 0 radical (unpaired) electrons. The zero-order valence-electron chi connectivity index (χ0n) is 11.1. The molecule has 1 aromatic heterocycles. The Morgan fingerprint density at radius 3 is 2.89 bits per heavy atom. The van der Waals surface area contributed by atoms with E-state index in [1.54, 1.807) is 0 Å². The second-order valence-electron chi connectivity index (χ2n) is 5.27. The molecule has 0 spiro atoms. The number of hydrogen-bond donors (Lipinski definition) is 1. The van der Waals surface area contributed by atoms with Crippen LogP contribution in [0.2, 0.25) is 0 Å². The van der Waals surface area contributed by atoms with E-state index in [-0.39, 0.29) is 6.10 Å². The van der Waals surface area contributed by atoms with Crippen molar-refractivity contribution in [3.8, 4) is 5.88 Å². The molecule has 1 fully saturated rings. The van der Waals surface area contributed by atoms with E-state index in [0.29, 0.717) is 12.5 Å². The van der Waals surface area contributed by atoms with Crippen molar-refractivity contribution < 1.29 is 4.74 Å². The number of benzene rings is 1. The van der Waals surface area contributed by atoms with E-state index in [1.807, 2.05) is 24.4 Å². The van der Waals surface area contributed by atoms with Gasteiger partial charge in [-0.3, -0.25) is 0 Å². The highest BCUT2D eigenvalue weighted by Gasteiger charge is 2.26. The molecule has 3 rings (SSSR count). The lowest BCUT2D eigenvalue weighted by molar-refractivity contribution is 0.0940. The third-order valence-electron chi connectivity index (χ3n) is 4.04. The number of aromatic nitrogens is 1. The van der Waals surface area contributed by atoms with Crippen LogP contribution in [0.25, 0.3) is 10.8 Å². The number of fused-ring (bicyclic) bond motifs is 1. The molecule has 2 unspecified atom stereocenters. The van der Waals surface area contributed by atoms with Gasteiger partial charge in [-0.25, -0.2) is 4.98 Å². The van der Waals surface area contributed by atoms with Gasteiger partial charge in [0.05, 0.1) is 0 Å². The first-order valence-electron chi connectivity index (χ1n) is 7.09. The summed E-state index contributed by atoms with van der Waals surface area (Å²) in [5.41, 5.74) is 5.86. The summed E-state index contributed by atoms with van der Waals surface area (Å²) in [7, 11) is 0. The molecule has 1 aliphatic rings. The zero-order chi connectivity index (χ0) is 13.1. The molecule has 0 amide bonds. The van der Waals surface area contributed by atoms with Gasteiger partial charge < -0.3 is 10.5 Å². The maximum absolute atomic E-state index is 6.18. The van der Waals surface area contributed by atoms with E-state index in [1.165, 1.54) is 24.6 Å². The fourth-order valence-electron chi connectivity index (χ4n) is 2.93. The highest BCUT2D eigenvalue weighted by atomic mass is 16.5. The Morgan fingerprint density at radius 1 is 1.16 bits per heavy atom. The van der Waals surface area contributed by atoms with Crippen molar-refractivity contribution >= 4 is 10.8 Å². The summed E-state index contributed by atoms with van der Waals surface area (Å²) in [5.74, 6) is 1.22. The Kier molecular flexibility index (Phi) is 3.65. The van der Waals surface area contributed by atoms with Crippen LogP contribution < -0.4 is 10.5 Å². The maximum atomic E-state index is 6.18. The third kappa shape index (κ3) is 2.56. The quantitative estimate of drug-likeness (QED) is 0.917. The van der Waals surface area contributed by atoms with Gasteiger partial charge in [0.2, 0.25) is 5.88 Å². The second-order valence-corrected chi connectivity index (χ2v) is 5.27. The Morgan fingerprint density at radius 2 is 2.00 bits per heavy atom. The number of ether oxygens (including phenoxy) is 1. The van der Waals surface area contributed by atoms with Gasteiger partial charge in [-0.15, -0.1) is 0 Å². The van der Waals surface area contributed by atoms with E-state index in [9.17, 15) is 0 Å². The van der Waals surface area contributed by atoms with Crippen LogP contribution >= 0.6 is 0 Å². The standard InChI is InChI=1S/C16H20N2O/c17-11-13-6-2-4-8-15(13)19-16-14-7-3-1-5-12(14)9-10-18-16/h1,3,5,7,9-10,13,15H,2,4,6,8,11,17H2. The van der Waals surface area contributed by atoms with E-state index in [0.717, 1.165) is 17.7 Å². The van der Waals surface area contributed by atoms with E-state index < -0.39 is 0 Å². The first kappa shape index (κ1) is 12.4. The Labute approximate surface area is 113 Å². The Bertz CT molecular complexity index is 550. The molecule has 3 heteroatoms. The fraction of sp³-hybridized carbons (Fsp3) is 0.438. The van der Waals surface area contributed by atoms with Crippen molar-refractivity contribution in [3.05, 3.63) is 36.5 Å². The number of nitrogens with zero attached hydrogens (tertiary/aromatic N) is 1. The molecule has 19 heavy (non-hydrogen) atoms. The number of hydrogen-bond acceptors (Lipinski definition) is 3. The average Bonchev–Trinajstić information content (AvgIpc) is 2.48. The molecule has 0 saturated heterocycles. The van der Waals surface area contributed by atoms with Crippen LogP contribution in [0.5, 0.6) is 5.88 Å². The van der Waals surface area contributed by atoms with Crippen LogP contribution in [-0.4, -0.2) is 17.6 Å². The molecule has 1 aliphatic carbocycles. The lowest BCUT2D eigenvalue weighted by atomic mass is 9.86. The minimum absolute atomic E-state index is 0.219. The molecular formula is C16H20N2O. The van der Waals surface area contributed by atoms with Crippen molar-refractivity contribution in [1.29, 1.82) is 0 Å². The van der Waals surface area contributed by atoms with Crippen molar-refractivity contribution in [2.75, 3.05) is 6.54 Å². The predicted molar refractivity (Wildman–Crippen MR) is 77.2 cm³/mol. The number of rotatable bonds is 3. The van der Waals surface area contributed by atoms with Gasteiger partial charge >= 0.3 is 0 Å². The van der Waals surface area contributed by atoms with Crippen molar-refractivity contribution in [3.63, 3.8) is 0 Å². The summed E-state index contributed by atoms with van der Waals surface area (Å²) < 4.78 is 6.18. The summed E-state index contributed by atoms with van der Waals surface area (Å²) in [5, 5.41) is 2.26. The first-order valence-corrected chi connectivity index (χ1v) is 7.09. The Hall–Kier alpha value is -1.61. The molecule has 0 bridgehead atoms.